The standard InChI is InChI=1S/C21H30N4O2.HI/c1-4-18-17(19(5-2)27-25-18)14-24-21(22-3)23-13-16-11-12-26-20(16)15-9-7-6-8-10-15;/h6-10,16,20H,4-5,11-14H2,1-3H3,(H2,22,23,24);1H. The smallest absolute Gasteiger partial charge is 0.191 e. The van der Waals surface area contributed by atoms with Crippen LogP contribution in [0.2, 0.25) is 0 Å². The van der Waals surface area contributed by atoms with Crippen LogP contribution in [-0.2, 0) is 24.1 Å². The number of aliphatic imine (C=N–C) groups is 1. The van der Waals surface area contributed by atoms with E-state index in [9.17, 15) is 0 Å². The highest BCUT2D eigenvalue weighted by Crippen LogP contribution is 2.33. The summed E-state index contributed by atoms with van der Waals surface area (Å²) >= 11 is 0. The van der Waals surface area contributed by atoms with E-state index in [0.717, 1.165) is 55.4 Å². The number of hydrogen-bond donors (Lipinski definition) is 2. The van der Waals surface area contributed by atoms with E-state index >= 15 is 0 Å². The maximum atomic E-state index is 5.98. The van der Waals surface area contributed by atoms with Gasteiger partial charge in [-0.25, -0.2) is 0 Å². The summed E-state index contributed by atoms with van der Waals surface area (Å²) in [6, 6.07) is 10.5. The summed E-state index contributed by atoms with van der Waals surface area (Å²) in [6.45, 7) is 6.47. The highest BCUT2D eigenvalue weighted by Gasteiger charge is 2.29. The molecule has 2 atom stereocenters. The van der Waals surface area contributed by atoms with Crippen molar-refractivity contribution in [1.82, 2.24) is 15.8 Å². The molecule has 154 valence electrons. The highest BCUT2D eigenvalue weighted by molar-refractivity contribution is 14.0. The van der Waals surface area contributed by atoms with E-state index in [4.69, 9.17) is 9.26 Å². The van der Waals surface area contributed by atoms with Gasteiger partial charge in [-0.1, -0.05) is 49.3 Å². The van der Waals surface area contributed by atoms with E-state index in [1.807, 2.05) is 6.07 Å². The second-order valence-corrected chi connectivity index (χ2v) is 6.80. The molecule has 2 heterocycles. The number of guanidine groups is 1. The molecule has 1 aromatic heterocycles. The van der Waals surface area contributed by atoms with Crippen LogP contribution in [0.25, 0.3) is 0 Å². The fourth-order valence-corrected chi connectivity index (χ4v) is 3.61. The van der Waals surface area contributed by atoms with E-state index < -0.39 is 0 Å². The summed E-state index contributed by atoms with van der Waals surface area (Å²) in [4.78, 5) is 4.36. The molecule has 2 unspecified atom stereocenters. The Morgan fingerprint density at radius 3 is 2.64 bits per heavy atom. The first-order chi connectivity index (χ1) is 13.3. The molecule has 1 aliphatic heterocycles. The van der Waals surface area contributed by atoms with Crippen molar-refractivity contribution >= 4 is 29.9 Å². The van der Waals surface area contributed by atoms with Gasteiger partial charge in [0.1, 0.15) is 5.76 Å². The van der Waals surface area contributed by atoms with Crippen LogP contribution in [0.1, 0.15) is 49.0 Å². The molecule has 0 radical (unpaired) electrons. The topological polar surface area (TPSA) is 71.7 Å². The van der Waals surface area contributed by atoms with Gasteiger partial charge in [0.05, 0.1) is 11.8 Å². The monoisotopic (exact) mass is 498 g/mol. The van der Waals surface area contributed by atoms with Crippen molar-refractivity contribution in [1.29, 1.82) is 0 Å². The second-order valence-electron chi connectivity index (χ2n) is 6.80. The van der Waals surface area contributed by atoms with Crippen molar-refractivity contribution < 1.29 is 9.26 Å². The molecule has 6 nitrogen and oxygen atoms in total. The molecule has 1 saturated heterocycles. The van der Waals surface area contributed by atoms with Gasteiger partial charge in [-0.05, 0) is 18.4 Å². The lowest BCUT2D eigenvalue weighted by atomic mass is 9.95. The Labute approximate surface area is 184 Å². The summed E-state index contributed by atoms with van der Waals surface area (Å²) in [5.41, 5.74) is 3.41. The Morgan fingerprint density at radius 2 is 1.96 bits per heavy atom. The molecule has 1 aromatic carbocycles. The number of aromatic nitrogens is 1. The molecule has 28 heavy (non-hydrogen) atoms. The van der Waals surface area contributed by atoms with Gasteiger partial charge in [-0.3, -0.25) is 4.99 Å². The van der Waals surface area contributed by atoms with Gasteiger partial charge in [0, 0.05) is 44.6 Å². The fourth-order valence-electron chi connectivity index (χ4n) is 3.61. The lowest BCUT2D eigenvalue weighted by molar-refractivity contribution is 0.0915. The zero-order valence-electron chi connectivity index (χ0n) is 16.9. The molecule has 0 amide bonds. The zero-order chi connectivity index (χ0) is 19.1. The molecule has 0 spiro atoms. The molecule has 0 saturated carbocycles. The quantitative estimate of drug-likeness (QED) is 0.345. The van der Waals surface area contributed by atoms with Crippen LogP contribution >= 0.6 is 24.0 Å². The minimum absolute atomic E-state index is 0. The van der Waals surface area contributed by atoms with Gasteiger partial charge >= 0.3 is 0 Å². The molecule has 0 aliphatic carbocycles. The minimum Gasteiger partial charge on any atom is -0.373 e. The van der Waals surface area contributed by atoms with Crippen molar-refractivity contribution in [2.45, 2.75) is 45.8 Å². The molecule has 1 aliphatic rings. The van der Waals surface area contributed by atoms with Gasteiger partial charge < -0.3 is 19.9 Å². The summed E-state index contributed by atoms with van der Waals surface area (Å²) in [7, 11) is 1.80. The lowest BCUT2D eigenvalue weighted by Gasteiger charge is -2.21. The largest absolute Gasteiger partial charge is 0.373 e. The molecule has 0 bridgehead atoms. The number of rotatable bonds is 7. The third kappa shape index (κ3) is 5.47. The molecule has 3 rings (SSSR count). The second kappa shape index (κ2) is 11.4. The zero-order valence-corrected chi connectivity index (χ0v) is 19.2. The predicted octanol–water partition coefficient (Wildman–Crippen LogP) is 3.86. The first-order valence-corrected chi connectivity index (χ1v) is 9.84. The molecule has 7 heteroatoms. The van der Waals surface area contributed by atoms with Gasteiger partial charge in [0.2, 0.25) is 0 Å². The van der Waals surface area contributed by atoms with Gasteiger partial charge in [0.15, 0.2) is 5.96 Å². The summed E-state index contributed by atoms with van der Waals surface area (Å²) in [5, 5.41) is 11.0. The van der Waals surface area contributed by atoms with Crippen LogP contribution in [0.15, 0.2) is 39.8 Å². The number of aryl methyl sites for hydroxylation is 2. The number of halogens is 1. The van der Waals surface area contributed by atoms with Gasteiger partial charge in [0.25, 0.3) is 0 Å². The highest BCUT2D eigenvalue weighted by atomic mass is 127. The average Bonchev–Trinajstić information content (AvgIpc) is 3.35. The molecular weight excluding hydrogens is 467 g/mol. The van der Waals surface area contributed by atoms with Crippen LogP contribution in [0.4, 0.5) is 0 Å². The average molecular weight is 498 g/mol. The number of benzene rings is 1. The van der Waals surface area contributed by atoms with Crippen molar-refractivity contribution in [3.63, 3.8) is 0 Å². The number of nitrogens with zero attached hydrogens (tertiary/aromatic N) is 2. The first kappa shape index (κ1) is 22.7. The van der Waals surface area contributed by atoms with Crippen LogP contribution < -0.4 is 10.6 Å². The van der Waals surface area contributed by atoms with Crippen LogP contribution in [-0.4, -0.2) is 31.3 Å². The third-order valence-corrected chi connectivity index (χ3v) is 5.14. The van der Waals surface area contributed by atoms with Crippen molar-refractivity contribution in [3.05, 3.63) is 52.9 Å². The Balaban J connectivity index is 0.00000280. The summed E-state index contributed by atoms with van der Waals surface area (Å²) in [6.07, 6.45) is 2.90. The van der Waals surface area contributed by atoms with Crippen molar-refractivity contribution in [2.75, 3.05) is 20.2 Å². The molecule has 1 fully saturated rings. The Kier molecular flexibility index (Phi) is 9.24. The third-order valence-electron chi connectivity index (χ3n) is 5.14. The van der Waals surface area contributed by atoms with Crippen LogP contribution in [0.5, 0.6) is 0 Å². The number of ether oxygens (including phenoxy) is 1. The molecular formula is C21H31IN4O2. The van der Waals surface area contributed by atoms with Gasteiger partial charge in [-0.15, -0.1) is 24.0 Å². The molecule has 2 aromatic rings. The Hall–Kier alpha value is -1.61. The van der Waals surface area contributed by atoms with E-state index in [1.54, 1.807) is 7.05 Å². The molecule has 2 N–H and O–H groups in total. The fraction of sp³-hybridized carbons (Fsp3) is 0.524. The minimum atomic E-state index is 0. The maximum Gasteiger partial charge on any atom is 0.191 e. The SMILES string of the molecule is CCc1noc(CC)c1CNC(=NC)NCC1CCOC1c1ccccc1.I. The van der Waals surface area contributed by atoms with Gasteiger partial charge in [-0.2, -0.15) is 0 Å². The Morgan fingerprint density at radius 1 is 1.18 bits per heavy atom. The lowest BCUT2D eigenvalue weighted by Crippen LogP contribution is -2.40. The van der Waals surface area contributed by atoms with Crippen molar-refractivity contribution in [2.24, 2.45) is 10.9 Å². The predicted molar refractivity (Wildman–Crippen MR) is 122 cm³/mol. The normalized spacial score (nSPS) is 19.3. The van der Waals surface area contributed by atoms with Crippen molar-refractivity contribution in [3.8, 4) is 0 Å². The maximum absolute atomic E-state index is 5.98. The summed E-state index contributed by atoms with van der Waals surface area (Å²) < 4.78 is 11.4. The number of nitrogens with one attached hydrogen (secondary N) is 2. The summed E-state index contributed by atoms with van der Waals surface area (Å²) in [5.74, 6) is 2.17. The van der Waals surface area contributed by atoms with E-state index in [0.29, 0.717) is 12.5 Å². The van der Waals surface area contributed by atoms with E-state index in [-0.39, 0.29) is 30.1 Å². The number of hydrogen-bond acceptors (Lipinski definition) is 4. The van der Waals surface area contributed by atoms with E-state index in [1.165, 1.54) is 5.56 Å². The first-order valence-electron chi connectivity index (χ1n) is 9.84. The van der Waals surface area contributed by atoms with Crippen LogP contribution in [0.3, 0.4) is 0 Å². The Bertz CT molecular complexity index is 727. The van der Waals surface area contributed by atoms with Crippen LogP contribution in [0, 0.1) is 5.92 Å². The van der Waals surface area contributed by atoms with E-state index in [2.05, 4.69) is 58.9 Å².